The van der Waals surface area contributed by atoms with E-state index in [-0.39, 0.29) is 12.0 Å². The topological polar surface area (TPSA) is 90.3 Å². The van der Waals surface area contributed by atoms with Gasteiger partial charge in [-0.1, -0.05) is 24.3 Å². The Labute approximate surface area is 151 Å². The van der Waals surface area contributed by atoms with Gasteiger partial charge in [-0.25, -0.2) is 5.43 Å². The maximum atomic E-state index is 12.5. The minimum atomic E-state index is -0.387. The molecule has 2 N–H and O–H groups in total. The first-order chi connectivity index (χ1) is 12.6. The molecule has 0 saturated heterocycles. The van der Waals surface area contributed by atoms with Crippen LogP contribution >= 0.6 is 0 Å². The average Bonchev–Trinajstić information content (AvgIpc) is 3.00. The number of hydrogen-bond donors (Lipinski definition) is 2. The number of hydrazone groups is 1. The van der Waals surface area contributed by atoms with Crippen molar-refractivity contribution in [3.63, 3.8) is 0 Å². The molecule has 0 aliphatic rings. The maximum Gasteiger partial charge on any atom is 0.291 e. The molecule has 0 radical (unpaired) electrons. The van der Waals surface area contributed by atoms with Gasteiger partial charge in [0.1, 0.15) is 5.69 Å². The highest BCUT2D eigenvalue weighted by atomic mass is 16.5. The lowest BCUT2D eigenvalue weighted by atomic mass is 10.2. The highest BCUT2D eigenvalue weighted by molar-refractivity contribution is 6.03. The first-order valence-corrected chi connectivity index (χ1v) is 8.19. The molecular formula is C20H18N4O2. The van der Waals surface area contributed by atoms with E-state index in [1.807, 2.05) is 38.1 Å². The van der Waals surface area contributed by atoms with Crippen LogP contribution < -0.4 is 10.2 Å². The van der Waals surface area contributed by atoms with Gasteiger partial charge in [0.2, 0.25) is 0 Å². The van der Waals surface area contributed by atoms with E-state index in [0.717, 1.165) is 16.5 Å². The summed E-state index contributed by atoms with van der Waals surface area (Å²) in [5, 5.41) is 13.6. The van der Waals surface area contributed by atoms with E-state index in [1.165, 1.54) is 6.21 Å². The lowest BCUT2D eigenvalue weighted by Gasteiger charge is -2.10. The van der Waals surface area contributed by atoms with Gasteiger partial charge in [-0.15, -0.1) is 0 Å². The van der Waals surface area contributed by atoms with Crippen molar-refractivity contribution in [2.75, 3.05) is 0 Å². The van der Waals surface area contributed by atoms with Crippen LogP contribution in [0.5, 0.6) is 5.75 Å². The number of hydrogen-bond acceptors (Lipinski definition) is 4. The Morgan fingerprint density at radius 1 is 1.23 bits per heavy atom. The highest BCUT2D eigenvalue weighted by Gasteiger charge is 2.19. The molecule has 1 heterocycles. The lowest BCUT2D eigenvalue weighted by Crippen LogP contribution is -2.20. The second kappa shape index (κ2) is 7.53. The number of aromatic amines is 1. The van der Waals surface area contributed by atoms with Gasteiger partial charge in [0.15, 0.2) is 5.75 Å². The van der Waals surface area contributed by atoms with Gasteiger partial charge < -0.3 is 9.72 Å². The van der Waals surface area contributed by atoms with Crippen molar-refractivity contribution in [3.05, 3.63) is 65.4 Å². The molecule has 0 unspecified atom stereocenters. The molecule has 6 nitrogen and oxygen atoms in total. The van der Waals surface area contributed by atoms with Crippen molar-refractivity contribution < 1.29 is 9.53 Å². The standard InChI is InChI=1S/C20H18N4O2/c1-13(2)26-19-16-5-3-4-6-17(16)23-18(19)20(25)24-22-12-15-9-7-14(11-21)8-10-15/h3-10,12-13,23H,1-2H3,(H,24,25). The number of nitrogens with one attached hydrogen (secondary N) is 2. The Kier molecular flexibility index (Phi) is 4.99. The molecule has 0 aliphatic carbocycles. The van der Waals surface area contributed by atoms with E-state index >= 15 is 0 Å². The summed E-state index contributed by atoms with van der Waals surface area (Å²) in [5.41, 5.74) is 5.01. The number of carbonyl (C=O) groups is 1. The van der Waals surface area contributed by atoms with Gasteiger partial charge in [0.25, 0.3) is 5.91 Å². The second-order valence-electron chi connectivity index (χ2n) is 5.97. The molecule has 0 atom stereocenters. The minimum absolute atomic E-state index is 0.0668. The second-order valence-corrected chi connectivity index (χ2v) is 5.97. The summed E-state index contributed by atoms with van der Waals surface area (Å²) in [5.74, 6) is 0.128. The first kappa shape index (κ1) is 17.2. The summed E-state index contributed by atoms with van der Waals surface area (Å²) < 4.78 is 5.84. The van der Waals surface area contributed by atoms with E-state index in [0.29, 0.717) is 17.0 Å². The Morgan fingerprint density at radius 2 is 1.96 bits per heavy atom. The summed E-state index contributed by atoms with van der Waals surface area (Å²) >= 11 is 0. The zero-order valence-corrected chi connectivity index (χ0v) is 14.5. The van der Waals surface area contributed by atoms with Gasteiger partial charge in [-0.3, -0.25) is 4.79 Å². The quantitative estimate of drug-likeness (QED) is 0.546. The monoisotopic (exact) mass is 346 g/mol. The van der Waals surface area contributed by atoms with Crippen molar-refractivity contribution in [2.45, 2.75) is 20.0 Å². The molecule has 0 saturated carbocycles. The van der Waals surface area contributed by atoms with Crippen LogP contribution in [0.3, 0.4) is 0 Å². The molecule has 0 bridgehead atoms. The van der Waals surface area contributed by atoms with Gasteiger partial charge >= 0.3 is 0 Å². The summed E-state index contributed by atoms with van der Waals surface area (Å²) in [6.45, 7) is 3.82. The van der Waals surface area contributed by atoms with Gasteiger partial charge in [0.05, 0.1) is 24.0 Å². The molecule has 130 valence electrons. The maximum absolute atomic E-state index is 12.5. The van der Waals surface area contributed by atoms with Crippen molar-refractivity contribution in [2.24, 2.45) is 5.10 Å². The number of rotatable bonds is 5. The summed E-state index contributed by atoms with van der Waals surface area (Å²) in [4.78, 5) is 15.6. The van der Waals surface area contributed by atoms with Crippen LogP contribution in [0.2, 0.25) is 0 Å². The largest absolute Gasteiger partial charge is 0.488 e. The van der Waals surface area contributed by atoms with E-state index < -0.39 is 0 Å². The summed E-state index contributed by atoms with van der Waals surface area (Å²) in [7, 11) is 0. The summed E-state index contributed by atoms with van der Waals surface area (Å²) in [6.07, 6.45) is 1.45. The third-order valence-corrected chi connectivity index (χ3v) is 3.66. The van der Waals surface area contributed by atoms with E-state index in [2.05, 4.69) is 21.6 Å². The number of H-pyrrole nitrogens is 1. The van der Waals surface area contributed by atoms with Crippen molar-refractivity contribution in [1.82, 2.24) is 10.4 Å². The molecule has 6 heteroatoms. The smallest absolute Gasteiger partial charge is 0.291 e. The fraction of sp³-hybridized carbons (Fsp3) is 0.150. The van der Waals surface area contributed by atoms with E-state index in [1.54, 1.807) is 24.3 Å². The van der Waals surface area contributed by atoms with Crippen LogP contribution in [0, 0.1) is 11.3 Å². The molecule has 2 aromatic carbocycles. The van der Waals surface area contributed by atoms with Gasteiger partial charge in [-0.05, 0) is 43.7 Å². The number of para-hydroxylation sites is 1. The predicted molar refractivity (Wildman–Crippen MR) is 100 cm³/mol. The zero-order chi connectivity index (χ0) is 18.5. The Morgan fingerprint density at radius 3 is 2.65 bits per heavy atom. The Bertz CT molecular complexity index is 995. The number of ether oxygens (including phenoxy) is 1. The number of nitrogens with zero attached hydrogens (tertiary/aromatic N) is 2. The Balaban J connectivity index is 1.80. The number of nitriles is 1. The van der Waals surface area contributed by atoms with Crippen molar-refractivity contribution in [3.8, 4) is 11.8 Å². The molecule has 1 aromatic heterocycles. The molecule has 0 fully saturated rings. The molecular weight excluding hydrogens is 328 g/mol. The number of aromatic nitrogens is 1. The first-order valence-electron chi connectivity index (χ1n) is 8.19. The fourth-order valence-electron chi connectivity index (χ4n) is 2.50. The van der Waals surface area contributed by atoms with Crippen LogP contribution in [0.25, 0.3) is 10.9 Å². The fourth-order valence-corrected chi connectivity index (χ4v) is 2.50. The SMILES string of the molecule is CC(C)Oc1c(C(=O)NN=Cc2ccc(C#N)cc2)[nH]c2ccccc12. The number of benzene rings is 2. The van der Waals surface area contributed by atoms with Crippen LogP contribution in [-0.2, 0) is 0 Å². The van der Waals surface area contributed by atoms with Crippen molar-refractivity contribution in [1.29, 1.82) is 5.26 Å². The van der Waals surface area contributed by atoms with Crippen LogP contribution in [0.15, 0.2) is 53.6 Å². The normalized spacial score (nSPS) is 11.0. The lowest BCUT2D eigenvalue weighted by molar-refractivity contribution is 0.0945. The molecule has 26 heavy (non-hydrogen) atoms. The number of amides is 1. The predicted octanol–water partition coefficient (Wildman–Crippen LogP) is 3.59. The van der Waals surface area contributed by atoms with Crippen LogP contribution in [0.1, 0.15) is 35.5 Å². The average molecular weight is 346 g/mol. The molecule has 3 aromatic rings. The highest BCUT2D eigenvalue weighted by Crippen LogP contribution is 2.30. The van der Waals surface area contributed by atoms with E-state index in [4.69, 9.17) is 10.00 Å². The van der Waals surface area contributed by atoms with Gasteiger partial charge in [-0.2, -0.15) is 10.4 Å². The number of fused-ring (bicyclic) bond motifs is 1. The molecule has 0 aliphatic heterocycles. The van der Waals surface area contributed by atoms with Gasteiger partial charge in [0, 0.05) is 10.9 Å². The number of carbonyl (C=O) groups excluding carboxylic acids is 1. The third-order valence-electron chi connectivity index (χ3n) is 3.66. The van der Waals surface area contributed by atoms with Crippen molar-refractivity contribution >= 4 is 23.0 Å². The minimum Gasteiger partial charge on any atom is -0.488 e. The van der Waals surface area contributed by atoms with E-state index in [9.17, 15) is 4.79 Å². The molecule has 0 spiro atoms. The van der Waals surface area contributed by atoms with Crippen LogP contribution in [-0.4, -0.2) is 23.2 Å². The Hall–Kier alpha value is -3.59. The zero-order valence-electron chi connectivity index (χ0n) is 14.5. The summed E-state index contributed by atoms with van der Waals surface area (Å²) in [6, 6.07) is 16.5. The van der Waals surface area contributed by atoms with Crippen LogP contribution in [0.4, 0.5) is 0 Å². The third kappa shape index (κ3) is 3.73. The molecule has 1 amide bonds. The molecule has 3 rings (SSSR count).